The highest BCUT2D eigenvalue weighted by Gasteiger charge is 2.06. The van der Waals surface area contributed by atoms with Gasteiger partial charge in [0.1, 0.15) is 16.0 Å². The molecule has 0 saturated heterocycles. The molecule has 1 aromatic carbocycles. The molecule has 0 saturated carbocycles. The molecule has 0 aliphatic heterocycles. The molecule has 0 radical (unpaired) electrons. The van der Waals surface area contributed by atoms with Crippen LogP contribution >= 0.6 is 34.7 Å². The minimum absolute atomic E-state index is 0.203. The molecule has 2 N–H and O–H groups in total. The van der Waals surface area contributed by atoms with E-state index in [0.29, 0.717) is 11.4 Å². The van der Waals surface area contributed by atoms with Crippen molar-refractivity contribution in [1.82, 2.24) is 14.6 Å². The van der Waals surface area contributed by atoms with Crippen LogP contribution in [-0.4, -0.2) is 20.6 Å². The predicted octanol–water partition coefficient (Wildman–Crippen LogP) is 4.55. The molecule has 0 atom stereocenters. The molecule has 2 amide bonds. The molecule has 0 aliphatic carbocycles. The molecule has 0 unspecified atom stereocenters. The lowest BCUT2D eigenvalue weighted by Crippen LogP contribution is -2.19. The second kappa shape index (κ2) is 6.91. The standard InChI is InChI=1S/C14H9Cl2N5OS/c15-12-5-10(6-13(16)19-12)18-14(22)17-9-3-1-8(2-4-9)11-7-23-21-20-11/h1-7H,(H2,17,18,19,22). The van der Waals surface area contributed by atoms with E-state index in [1.54, 1.807) is 12.1 Å². The van der Waals surface area contributed by atoms with Crippen LogP contribution in [-0.2, 0) is 0 Å². The number of rotatable bonds is 3. The first-order valence-electron chi connectivity index (χ1n) is 6.39. The van der Waals surface area contributed by atoms with Crippen molar-refractivity contribution in [2.75, 3.05) is 10.6 Å². The highest BCUT2D eigenvalue weighted by molar-refractivity contribution is 7.03. The molecule has 3 rings (SSSR count). The zero-order valence-corrected chi connectivity index (χ0v) is 13.8. The van der Waals surface area contributed by atoms with Gasteiger partial charge < -0.3 is 10.6 Å². The van der Waals surface area contributed by atoms with Gasteiger partial charge in [0.05, 0.1) is 0 Å². The van der Waals surface area contributed by atoms with Crippen molar-refractivity contribution < 1.29 is 4.79 Å². The molecule has 9 heteroatoms. The number of nitrogens with zero attached hydrogens (tertiary/aromatic N) is 3. The lowest BCUT2D eigenvalue weighted by atomic mass is 10.1. The van der Waals surface area contributed by atoms with Gasteiger partial charge in [-0.2, -0.15) is 0 Å². The summed E-state index contributed by atoms with van der Waals surface area (Å²) in [5, 5.41) is 11.6. The lowest BCUT2D eigenvalue weighted by molar-refractivity contribution is 0.262. The first-order valence-corrected chi connectivity index (χ1v) is 7.98. The Kier molecular flexibility index (Phi) is 4.71. The van der Waals surface area contributed by atoms with Crippen molar-refractivity contribution in [2.45, 2.75) is 0 Å². The van der Waals surface area contributed by atoms with Crippen LogP contribution < -0.4 is 10.6 Å². The van der Waals surface area contributed by atoms with Crippen LogP contribution in [0.15, 0.2) is 41.8 Å². The highest BCUT2D eigenvalue weighted by Crippen LogP contribution is 2.21. The zero-order chi connectivity index (χ0) is 16.2. The fourth-order valence-corrected chi connectivity index (χ4v) is 2.77. The Hall–Kier alpha value is -2.22. The van der Waals surface area contributed by atoms with E-state index < -0.39 is 6.03 Å². The molecule has 2 aromatic heterocycles. The first-order chi connectivity index (χ1) is 11.1. The fourth-order valence-electron chi connectivity index (χ4n) is 1.85. The van der Waals surface area contributed by atoms with Crippen LogP contribution in [0.4, 0.5) is 16.2 Å². The number of halogens is 2. The number of aromatic nitrogens is 3. The molecule has 116 valence electrons. The predicted molar refractivity (Wildman–Crippen MR) is 92.2 cm³/mol. The summed E-state index contributed by atoms with van der Waals surface area (Å²) in [6.07, 6.45) is 0. The van der Waals surface area contributed by atoms with Gasteiger partial charge in [-0.1, -0.05) is 39.8 Å². The average molecular weight is 366 g/mol. The average Bonchev–Trinajstić information content (AvgIpc) is 3.01. The lowest BCUT2D eigenvalue weighted by Gasteiger charge is -2.08. The summed E-state index contributed by atoms with van der Waals surface area (Å²) in [5.74, 6) is 0. The van der Waals surface area contributed by atoms with Crippen molar-refractivity contribution in [3.63, 3.8) is 0 Å². The van der Waals surface area contributed by atoms with Crippen molar-refractivity contribution in [1.29, 1.82) is 0 Å². The molecule has 0 spiro atoms. The molecule has 0 fully saturated rings. The van der Waals surface area contributed by atoms with Crippen LogP contribution in [0.3, 0.4) is 0 Å². The number of hydrogen-bond donors (Lipinski definition) is 2. The normalized spacial score (nSPS) is 10.3. The maximum absolute atomic E-state index is 12.0. The van der Waals surface area contributed by atoms with Gasteiger partial charge in [-0.05, 0) is 35.8 Å². The Morgan fingerprint density at radius 3 is 2.26 bits per heavy atom. The third-order valence-electron chi connectivity index (χ3n) is 2.82. The first kappa shape index (κ1) is 15.7. The Morgan fingerprint density at radius 1 is 1.00 bits per heavy atom. The number of anilines is 2. The summed E-state index contributed by atoms with van der Waals surface area (Å²) in [7, 11) is 0. The molecule has 3 aromatic rings. The van der Waals surface area contributed by atoms with Crippen LogP contribution in [0, 0.1) is 0 Å². The second-order valence-electron chi connectivity index (χ2n) is 4.45. The number of carbonyl (C=O) groups is 1. The third-order valence-corrected chi connectivity index (χ3v) is 3.71. The molecular weight excluding hydrogens is 357 g/mol. The van der Waals surface area contributed by atoms with Crippen molar-refractivity contribution in [3.8, 4) is 11.3 Å². The van der Waals surface area contributed by atoms with Gasteiger partial charge in [-0.3, -0.25) is 0 Å². The molecule has 0 aliphatic rings. The fraction of sp³-hybridized carbons (Fsp3) is 0. The Balaban J connectivity index is 1.65. The van der Waals surface area contributed by atoms with Gasteiger partial charge in [0.25, 0.3) is 0 Å². The molecule has 0 bridgehead atoms. The van der Waals surface area contributed by atoms with E-state index in [4.69, 9.17) is 23.2 Å². The van der Waals surface area contributed by atoms with Gasteiger partial charge >= 0.3 is 6.03 Å². The smallest absolute Gasteiger partial charge is 0.308 e. The summed E-state index contributed by atoms with van der Waals surface area (Å²) in [6, 6.07) is 9.86. The van der Waals surface area contributed by atoms with Gasteiger partial charge in [-0.15, -0.1) is 5.10 Å². The second-order valence-corrected chi connectivity index (χ2v) is 5.83. The number of pyridine rings is 1. The quantitative estimate of drug-likeness (QED) is 0.667. The van der Waals surface area contributed by atoms with Gasteiger partial charge in [0.2, 0.25) is 0 Å². The summed E-state index contributed by atoms with van der Waals surface area (Å²) in [5.41, 5.74) is 2.82. The minimum atomic E-state index is -0.411. The van der Waals surface area contributed by atoms with Gasteiger partial charge in [0.15, 0.2) is 0 Å². The summed E-state index contributed by atoms with van der Waals surface area (Å²) in [6.45, 7) is 0. The van der Waals surface area contributed by atoms with E-state index in [-0.39, 0.29) is 10.3 Å². The molecular formula is C14H9Cl2N5OS. The van der Waals surface area contributed by atoms with Crippen molar-refractivity contribution in [2.24, 2.45) is 0 Å². The van der Waals surface area contributed by atoms with Crippen LogP contribution in [0.2, 0.25) is 10.3 Å². The van der Waals surface area contributed by atoms with E-state index in [1.807, 2.05) is 17.5 Å². The molecule has 2 heterocycles. The van der Waals surface area contributed by atoms with Crippen molar-refractivity contribution in [3.05, 3.63) is 52.1 Å². The van der Waals surface area contributed by atoms with Crippen molar-refractivity contribution >= 4 is 52.1 Å². The minimum Gasteiger partial charge on any atom is -0.308 e. The summed E-state index contributed by atoms with van der Waals surface area (Å²) >= 11 is 12.9. The van der Waals surface area contributed by atoms with E-state index in [0.717, 1.165) is 11.3 Å². The number of hydrogen-bond acceptors (Lipinski definition) is 5. The Labute approximate surface area is 145 Å². The zero-order valence-electron chi connectivity index (χ0n) is 11.5. The SMILES string of the molecule is O=C(Nc1ccc(-c2csnn2)cc1)Nc1cc(Cl)nc(Cl)c1. The number of urea groups is 1. The van der Waals surface area contributed by atoms with E-state index in [2.05, 4.69) is 25.2 Å². The van der Waals surface area contributed by atoms with E-state index in [9.17, 15) is 4.79 Å². The Bertz CT molecular complexity index is 803. The summed E-state index contributed by atoms with van der Waals surface area (Å²) < 4.78 is 3.82. The number of carbonyl (C=O) groups excluding carboxylic acids is 1. The topological polar surface area (TPSA) is 79.8 Å². The number of benzene rings is 1. The van der Waals surface area contributed by atoms with Crippen LogP contribution in [0.25, 0.3) is 11.3 Å². The van der Waals surface area contributed by atoms with Crippen LogP contribution in [0.1, 0.15) is 0 Å². The van der Waals surface area contributed by atoms with E-state index >= 15 is 0 Å². The van der Waals surface area contributed by atoms with E-state index in [1.165, 1.54) is 23.7 Å². The molecule has 6 nitrogen and oxygen atoms in total. The third kappa shape index (κ3) is 4.16. The number of nitrogens with one attached hydrogen (secondary N) is 2. The highest BCUT2D eigenvalue weighted by atomic mass is 35.5. The van der Waals surface area contributed by atoms with Gasteiger partial charge in [0, 0.05) is 22.3 Å². The van der Waals surface area contributed by atoms with Gasteiger partial charge in [-0.25, -0.2) is 9.78 Å². The Morgan fingerprint density at radius 2 is 1.65 bits per heavy atom. The maximum Gasteiger partial charge on any atom is 0.323 e. The van der Waals surface area contributed by atoms with Crippen LogP contribution in [0.5, 0.6) is 0 Å². The monoisotopic (exact) mass is 365 g/mol. The summed E-state index contributed by atoms with van der Waals surface area (Å²) in [4.78, 5) is 15.8. The molecule has 23 heavy (non-hydrogen) atoms. The largest absolute Gasteiger partial charge is 0.323 e. The maximum atomic E-state index is 12.0. The number of amides is 2.